The van der Waals surface area contributed by atoms with Crippen molar-refractivity contribution in [3.63, 3.8) is 0 Å². The molecule has 0 aliphatic carbocycles. The summed E-state index contributed by atoms with van der Waals surface area (Å²) in [4.78, 5) is 21.9. The topological polar surface area (TPSA) is 55.4 Å². The van der Waals surface area contributed by atoms with Gasteiger partial charge in [0.15, 0.2) is 0 Å². The maximum atomic E-state index is 11.4. The molecule has 1 rings (SSSR count). The lowest BCUT2D eigenvalue weighted by Crippen LogP contribution is -2.27. The molecule has 0 saturated carbocycles. The number of carbonyl (C=O) groups excluding carboxylic acids is 2. The Balaban J connectivity index is 2.66. The van der Waals surface area contributed by atoms with Crippen LogP contribution in [-0.4, -0.2) is 18.0 Å². The summed E-state index contributed by atoms with van der Waals surface area (Å²) < 4.78 is 5.08. The minimum atomic E-state index is -0.535. The molecule has 16 heavy (non-hydrogen) atoms. The van der Waals surface area contributed by atoms with Gasteiger partial charge in [0, 0.05) is 11.3 Å². The van der Waals surface area contributed by atoms with Gasteiger partial charge in [-0.15, -0.1) is 0 Å². The zero-order valence-corrected chi connectivity index (χ0v) is 9.61. The Hall–Kier alpha value is -1.84. The van der Waals surface area contributed by atoms with Crippen molar-refractivity contribution in [2.24, 2.45) is 0 Å². The molecule has 1 N–H and O–H groups in total. The van der Waals surface area contributed by atoms with Crippen LogP contribution >= 0.6 is 0 Å². The van der Waals surface area contributed by atoms with Gasteiger partial charge in [-0.3, -0.25) is 10.1 Å². The van der Waals surface area contributed by atoms with E-state index in [0.29, 0.717) is 11.3 Å². The third-order valence-corrected chi connectivity index (χ3v) is 1.67. The first-order valence-corrected chi connectivity index (χ1v) is 4.96. The average Bonchev–Trinajstić information content (AvgIpc) is 2.15. The van der Waals surface area contributed by atoms with Crippen molar-refractivity contribution < 1.29 is 14.3 Å². The molecule has 0 saturated heterocycles. The first-order valence-electron chi connectivity index (χ1n) is 4.96. The SMILES string of the molecule is CC(C)(C)OC(=O)Nc1cccc(C=O)c1. The molecule has 86 valence electrons. The van der Waals surface area contributed by atoms with Crippen LogP contribution in [0.1, 0.15) is 31.1 Å². The molecule has 1 aromatic rings. The van der Waals surface area contributed by atoms with Gasteiger partial charge < -0.3 is 4.74 Å². The third-order valence-electron chi connectivity index (χ3n) is 1.67. The lowest BCUT2D eigenvalue weighted by Gasteiger charge is -2.19. The monoisotopic (exact) mass is 221 g/mol. The number of aldehydes is 1. The smallest absolute Gasteiger partial charge is 0.412 e. The van der Waals surface area contributed by atoms with E-state index >= 15 is 0 Å². The number of rotatable bonds is 2. The molecule has 0 fully saturated rings. The number of benzene rings is 1. The molecule has 0 radical (unpaired) electrons. The molecule has 0 aliphatic heterocycles. The van der Waals surface area contributed by atoms with E-state index in [4.69, 9.17) is 4.74 Å². The largest absolute Gasteiger partial charge is 0.444 e. The summed E-state index contributed by atoms with van der Waals surface area (Å²) in [6.07, 6.45) is 0.191. The first kappa shape index (κ1) is 12.2. The van der Waals surface area contributed by atoms with Crippen LogP contribution in [0.5, 0.6) is 0 Å². The van der Waals surface area contributed by atoms with Crippen molar-refractivity contribution in [1.29, 1.82) is 0 Å². The molecule has 0 heterocycles. The van der Waals surface area contributed by atoms with Gasteiger partial charge in [0.1, 0.15) is 11.9 Å². The van der Waals surface area contributed by atoms with E-state index in [2.05, 4.69) is 5.32 Å². The highest BCUT2D eigenvalue weighted by molar-refractivity contribution is 5.86. The van der Waals surface area contributed by atoms with E-state index in [0.717, 1.165) is 6.29 Å². The fourth-order valence-electron chi connectivity index (χ4n) is 1.11. The molecule has 4 heteroatoms. The number of carbonyl (C=O) groups is 2. The molecule has 0 spiro atoms. The van der Waals surface area contributed by atoms with E-state index in [9.17, 15) is 9.59 Å². The lowest BCUT2D eigenvalue weighted by atomic mass is 10.2. The number of amides is 1. The highest BCUT2D eigenvalue weighted by Crippen LogP contribution is 2.12. The van der Waals surface area contributed by atoms with Crippen molar-refractivity contribution in [2.75, 3.05) is 5.32 Å². The molecule has 1 amide bonds. The molecule has 0 aromatic heterocycles. The van der Waals surface area contributed by atoms with Crippen LogP contribution < -0.4 is 5.32 Å². The van der Waals surface area contributed by atoms with E-state index in [-0.39, 0.29) is 0 Å². The minimum absolute atomic E-state index is 0.508. The number of hydrogen-bond donors (Lipinski definition) is 1. The van der Waals surface area contributed by atoms with Gasteiger partial charge in [0.2, 0.25) is 0 Å². The van der Waals surface area contributed by atoms with Crippen LogP contribution in [0.15, 0.2) is 24.3 Å². The molecule has 1 aromatic carbocycles. The van der Waals surface area contributed by atoms with Gasteiger partial charge in [0.05, 0.1) is 0 Å². The van der Waals surface area contributed by atoms with E-state index < -0.39 is 11.7 Å². The van der Waals surface area contributed by atoms with Crippen molar-refractivity contribution in [1.82, 2.24) is 0 Å². The predicted octanol–water partition coefficient (Wildman–Crippen LogP) is 2.85. The number of ether oxygens (including phenoxy) is 1. The van der Waals surface area contributed by atoms with Gasteiger partial charge in [-0.05, 0) is 32.9 Å². The van der Waals surface area contributed by atoms with Gasteiger partial charge in [0.25, 0.3) is 0 Å². The van der Waals surface area contributed by atoms with Crippen molar-refractivity contribution >= 4 is 18.1 Å². The fourth-order valence-corrected chi connectivity index (χ4v) is 1.11. The summed E-state index contributed by atoms with van der Waals surface area (Å²) in [5.74, 6) is 0. The summed E-state index contributed by atoms with van der Waals surface area (Å²) in [6.45, 7) is 5.36. The normalized spacial score (nSPS) is 10.7. The Morgan fingerprint density at radius 1 is 1.38 bits per heavy atom. The predicted molar refractivity (Wildman–Crippen MR) is 61.7 cm³/mol. The highest BCUT2D eigenvalue weighted by Gasteiger charge is 2.16. The van der Waals surface area contributed by atoms with Crippen LogP contribution in [0.3, 0.4) is 0 Å². The van der Waals surface area contributed by atoms with Crippen LogP contribution in [0.25, 0.3) is 0 Å². The number of hydrogen-bond acceptors (Lipinski definition) is 3. The summed E-state index contributed by atoms with van der Waals surface area (Å²) in [7, 11) is 0. The zero-order valence-electron chi connectivity index (χ0n) is 9.61. The Labute approximate surface area is 94.6 Å². The Morgan fingerprint density at radius 2 is 2.06 bits per heavy atom. The van der Waals surface area contributed by atoms with Gasteiger partial charge >= 0.3 is 6.09 Å². The minimum Gasteiger partial charge on any atom is -0.444 e. The second-order valence-electron chi connectivity index (χ2n) is 4.37. The quantitative estimate of drug-likeness (QED) is 0.781. The highest BCUT2D eigenvalue weighted by atomic mass is 16.6. The summed E-state index contributed by atoms with van der Waals surface area (Å²) in [6, 6.07) is 6.62. The van der Waals surface area contributed by atoms with E-state index in [1.807, 2.05) is 0 Å². The van der Waals surface area contributed by atoms with Gasteiger partial charge in [-0.1, -0.05) is 12.1 Å². The maximum absolute atomic E-state index is 11.4. The summed E-state index contributed by atoms with van der Waals surface area (Å²) in [5.41, 5.74) is 0.513. The zero-order chi connectivity index (χ0) is 12.2. The standard InChI is InChI=1S/C12H15NO3/c1-12(2,3)16-11(15)13-10-6-4-5-9(7-10)8-14/h4-8H,1-3H3,(H,13,15). The van der Waals surface area contributed by atoms with E-state index in [1.165, 1.54) is 0 Å². The molecule has 0 bridgehead atoms. The first-order chi connectivity index (χ1) is 7.40. The molecule has 0 atom stereocenters. The van der Waals surface area contributed by atoms with Crippen molar-refractivity contribution in [3.8, 4) is 0 Å². The Bertz CT molecular complexity index is 393. The van der Waals surface area contributed by atoms with Crippen LogP contribution in [0.4, 0.5) is 10.5 Å². The second kappa shape index (κ2) is 4.79. The average molecular weight is 221 g/mol. The molecular formula is C12H15NO3. The van der Waals surface area contributed by atoms with Crippen molar-refractivity contribution in [2.45, 2.75) is 26.4 Å². The van der Waals surface area contributed by atoms with Crippen LogP contribution in [-0.2, 0) is 4.74 Å². The summed E-state index contributed by atoms with van der Waals surface area (Å²) in [5, 5.41) is 2.55. The Kier molecular flexibility index (Phi) is 3.66. The Morgan fingerprint density at radius 3 is 2.62 bits per heavy atom. The molecule has 0 unspecified atom stereocenters. The molecular weight excluding hydrogens is 206 g/mol. The second-order valence-corrected chi connectivity index (χ2v) is 4.37. The molecule has 0 aliphatic rings. The van der Waals surface area contributed by atoms with Gasteiger partial charge in [-0.25, -0.2) is 4.79 Å². The van der Waals surface area contributed by atoms with Crippen molar-refractivity contribution in [3.05, 3.63) is 29.8 Å². The fraction of sp³-hybridized carbons (Fsp3) is 0.333. The molecule has 4 nitrogen and oxygen atoms in total. The van der Waals surface area contributed by atoms with Gasteiger partial charge in [-0.2, -0.15) is 0 Å². The van der Waals surface area contributed by atoms with Crippen LogP contribution in [0, 0.1) is 0 Å². The third kappa shape index (κ3) is 4.13. The van der Waals surface area contributed by atoms with Crippen LogP contribution in [0.2, 0.25) is 0 Å². The van der Waals surface area contributed by atoms with E-state index in [1.54, 1.807) is 45.0 Å². The lowest BCUT2D eigenvalue weighted by molar-refractivity contribution is 0.0635. The number of anilines is 1. The summed E-state index contributed by atoms with van der Waals surface area (Å²) >= 11 is 0. The number of nitrogens with one attached hydrogen (secondary N) is 1. The maximum Gasteiger partial charge on any atom is 0.412 e.